The highest BCUT2D eigenvalue weighted by molar-refractivity contribution is 6.35. The number of hydrogen-bond acceptors (Lipinski definition) is 3. The first kappa shape index (κ1) is 15.2. The number of rotatable bonds is 4. The van der Waals surface area contributed by atoms with E-state index in [1.54, 1.807) is 6.07 Å². The number of piperidine rings is 1. The van der Waals surface area contributed by atoms with E-state index in [-0.39, 0.29) is 0 Å². The number of aromatic nitrogens is 1. The quantitative estimate of drug-likeness (QED) is 0.527. The largest absolute Gasteiger partial charge is 0.475 e. The van der Waals surface area contributed by atoms with Gasteiger partial charge in [-0.3, -0.25) is 0 Å². The Bertz CT molecular complexity index is 475. The van der Waals surface area contributed by atoms with Crippen molar-refractivity contribution >= 4 is 29.2 Å². The third-order valence-corrected chi connectivity index (χ3v) is 3.54. The van der Waals surface area contributed by atoms with E-state index in [0.717, 1.165) is 13.1 Å². The Balaban J connectivity index is 1.77. The molecule has 0 saturated carbocycles. The molecular formula is C13H18Cl2N4O. The minimum atomic E-state index is 0.364. The molecule has 7 heteroatoms. The highest BCUT2D eigenvalue weighted by Crippen LogP contribution is 2.24. The summed E-state index contributed by atoms with van der Waals surface area (Å²) in [5, 5.41) is 0.875. The first-order valence-corrected chi connectivity index (χ1v) is 7.41. The van der Waals surface area contributed by atoms with Gasteiger partial charge in [-0.25, -0.2) is 9.98 Å². The van der Waals surface area contributed by atoms with Gasteiger partial charge in [0.15, 0.2) is 5.96 Å². The first-order chi connectivity index (χ1) is 9.66. The summed E-state index contributed by atoms with van der Waals surface area (Å²) in [6.45, 7) is 2.83. The Kier molecular flexibility index (Phi) is 5.73. The van der Waals surface area contributed by atoms with Crippen molar-refractivity contribution in [2.45, 2.75) is 19.3 Å². The van der Waals surface area contributed by atoms with Gasteiger partial charge >= 0.3 is 0 Å². The molecule has 2 N–H and O–H groups in total. The second kappa shape index (κ2) is 7.55. The summed E-state index contributed by atoms with van der Waals surface area (Å²) >= 11 is 11.7. The van der Waals surface area contributed by atoms with Gasteiger partial charge in [0.05, 0.1) is 11.6 Å². The second-order valence-corrected chi connectivity index (χ2v) is 5.42. The molecule has 1 saturated heterocycles. The van der Waals surface area contributed by atoms with Crippen LogP contribution in [0.15, 0.2) is 17.3 Å². The number of nitrogens with two attached hydrogens (primary N) is 1. The summed E-state index contributed by atoms with van der Waals surface area (Å²) < 4.78 is 5.45. The van der Waals surface area contributed by atoms with Crippen molar-refractivity contribution in [3.8, 4) is 5.88 Å². The zero-order chi connectivity index (χ0) is 14.4. The maximum atomic E-state index is 5.95. The molecule has 1 aliphatic rings. The van der Waals surface area contributed by atoms with Crippen LogP contribution >= 0.6 is 23.2 Å². The predicted molar refractivity (Wildman–Crippen MR) is 81.7 cm³/mol. The van der Waals surface area contributed by atoms with Gasteiger partial charge in [0.2, 0.25) is 5.88 Å². The molecule has 0 aromatic carbocycles. The van der Waals surface area contributed by atoms with Crippen LogP contribution in [-0.4, -0.2) is 42.1 Å². The Morgan fingerprint density at radius 3 is 2.80 bits per heavy atom. The van der Waals surface area contributed by atoms with Crippen molar-refractivity contribution in [1.29, 1.82) is 0 Å². The Morgan fingerprint density at radius 1 is 1.35 bits per heavy atom. The summed E-state index contributed by atoms with van der Waals surface area (Å²) in [4.78, 5) is 10.4. The van der Waals surface area contributed by atoms with Crippen LogP contribution in [0, 0.1) is 0 Å². The molecule has 0 amide bonds. The van der Waals surface area contributed by atoms with E-state index in [1.807, 2.05) is 0 Å². The fourth-order valence-corrected chi connectivity index (χ4v) is 2.47. The van der Waals surface area contributed by atoms with Gasteiger partial charge in [0.25, 0.3) is 0 Å². The van der Waals surface area contributed by atoms with Crippen LogP contribution in [0.3, 0.4) is 0 Å². The smallest absolute Gasteiger partial charge is 0.232 e. The molecule has 2 rings (SSSR count). The van der Waals surface area contributed by atoms with Crippen LogP contribution in [0.5, 0.6) is 5.88 Å². The molecule has 2 heterocycles. The Morgan fingerprint density at radius 2 is 2.10 bits per heavy atom. The van der Waals surface area contributed by atoms with Crippen LogP contribution in [-0.2, 0) is 0 Å². The Hall–Kier alpha value is -1.20. The Labute approximate surface area is 128 Å². The summed E-state index contributed by atoms with van der Waals surface area (Å²) in [5.74, 6) is 0.950. The average molecular weight is 317 g/mol. The monoisotopic (exact) mass is 316 g/mol. The van der Waals surface area contributed by atoms with E-state index in [0.29, 0.717) is 35.0 Å². The van der Waals surface area contributed by atoms with Crippen LogP contribution in [0.25, 0.3) is 0 Å². The highest BCUT2D eigenvalue weighted by Gasteiger charge is 2.11. The molecule has 1 fully saturated rings. The predicted octanol–water partition coefficient (Wildman–Crippen LogP) is 2.57. The van der Waals surface area contributed by atoms with Crippen LogP contribution in [0.2, 0.25) is 10.0 Å². The van der Waals surface area contributed by atoms with Crippen molar-refractivity contribution in [1.82, 2.24) is 9.88 Å². The van der Waals surface area contributed by atoms with Crippen molar-refractivity contribution in [2.24, 2.45) is 10.7 Å². The molecule has 20 heavy (non-hydrogen) atoms. The minimum Gasteiger partial charge on any atom is -0.475 e. The third kappa shape index (κ3) is 4.42. The van der Waals surface area contributed by atoms with Gasteiger partial charge in [-0.15, -0.1) is 0 Å². The molecule has 0 spiro atoms. The fourth-order valence-electron chi connectivity index (χ4n) is 2.03. The van der Waals surface area contributed by atoms with Gasteiger partial charge < -0.3 is 15.4 Å². The number of halogens is 2. The number of pyridine rings is 1. The molecule has 0 bridgehead atoms. The van der Waals surface area contributed by atoms with Crippen molar-refractivity contribution in [2.75, 3.05) is 26.2 Å². The molecule has 110 valence electrons. The van der Waals surface area contributed by atoms with Crippen molar-refractivity contribution in [3.05, 3.63) is 22.3 Å². The lowest BCUT2D eigenvalue weighted by molar-refractivity contribution is 0.311. The van der Waals surface area contributed by atoms with E-state index in [9.17, 15) is 0 Å². The van der Waals surface area contributed by atoms with Gasteiger partial charge in [0, 0.05) is 19.3 Å². The number of ether oxygens (including phenoxy) is 1. The number of likely N-dealkylation sites (tertiary alicyclic amines) is 1. The lowest BCUT2D eigenvalue weighted by atomic mass is 10.1. The van der Waals surface area contributed by atoms with Gasteiger partial charge in [0.1, 0.15) is 11.6 Å². The van der Waals surface area contributed by atoms with Gasteiger partial charge in [-0.05, 0) is 25.3 Å². The first-order valence-electron chi connectivity index (χ1n) is 6.65. The number of nitrogens with zero attached hydrogens (tertiary/aromatic N) is 3. The minimum absolute atomic E-state index is 0.364. The zero-order valence-corrected chi connectivity index (χ0v) is 12.7. The normalized spacial score (nSPS) is 16.3. The molecule has 0 aliphatic carbocycles. The van der Waals surface area contributed by atoms with Gasteiger partial charge in [-0.1, -0.05) is 23.2 Å². The maximum absolute atomic E-state index is 5.95. The van der Waals surface area contributed by atoms with E-state index in [2.05, 4.69) is 14.9 Å². The fraction of sp³-hybridized carbons (Fsp3) is 0.538. The van der Waals surface area contributed by atoms with E-state index >= 15 is 0 Å². The molecule has 0 radical (unpaired) electrons. The summed E-state index contributed by atoms with van der Waals surface area (Å²) in [7, 11) is 0. The molecular weight excluding hydrogens is 299 g/mol. The maximum Gasteiger partial charge on any atom is 0.232 e. The molecule has 0 unspecified atom stereocenters. The second-order valence-electron chi connectivity index (χ2n) is 4.58. The summed E-state index contributed by atoms with van der Waals surface area (Å²) in [5.41, 5.74) is 5.94. The molecule has 1 aromatic heterocycles. The third-order valence-electron chi connectivity index (χ3n) is 3.06. The highest BCUT2D eigenvalue weighted by atomic mass is 35.5. The molecule has 5 nitrogen and oxygen atoms in total. The lowest BCUT2D eigenvalue weighted by Crippen LogP contribution is -2.41. The standard InChI is InChI=1S/C13H18Cl2N4O/c14-10-8-11(15)12(18-9-10)20-7-4-17-13(16)19-5-2-1-3-6-19/h8-9H,1-7H2,(H2,16,17). The average Bonchev–Trinajstić information content (AvgIpc) is 2.46. The van der Waals surface area contributed by atoms with Crippen molar-refractivity contribution in [3.63, 3.8) is 0 Å². The molecule has 1 aromatic rings. The number of guanidine groups is 1. The van der Waals surface area contributed by atoms with Crippen LogP contribution in [0.1, 0.15) is 19.3 Å². The SMILES string of the molecule is NC(=NCCOc1ncc(Cl)cc1Cl)N1CCCCC1. The summed E-state index contributed by atoms with van der Waals surface area (Å²) in [6, 6.07) is 1.59. The summed E-state index contributed by atoms with van der Waals surface area (Å²) in [6.07, 6.45) is 5.12. The number of hydrogen-bond donors (Lipinski definition) is 1. The van der Waals surface area contributed by atoms with E-state index in [4.69, 9.17) is 33.7 Å². The number of aliphatic imine (C=N–C) groups is 1. The lowest BCUT2D eigenvalue weighted by Gasteiger charge is -2.27. The molecule has 0 atom stereocenters. The topological polar surface area (TPSA) is 63.7 Å². The molecule has 1 aliphatic heterocycles. The van der Waals surface area contributed by atoms with E-state index in [1.165, 1.54) is 25.5 Å². The van der Waals surface area contributed by atoms with Crippen LogP contribution in [0.4, 0.5) is 0 Å². The van der Waals surface area contributed by atoms with E-state index < -0.39 is 0 Å². The van der Waals surface area contributed by atoms with Crippen molar-refractivity contribution < 1.29 is 4.74 Å². The van der Waals surface area contributed by atoms with Gasteiger partial charge in [-0.2, -0.15) is 0 Å². The van der Waals surface area contributed by atoms with Crippen LogP contribution < -0.4 is 10.5 Å². The zero-order valence-electron chi connectivity index (χ0n) is 11.2.